The Bertz CT molecular complexity index is 976. The molecule has 2 aliphatic rings. The van der Waals surface area contributed by atoms with Gasteiger partial charge in [-0.15, -0.1) is 0 Å². The summed E-state index contributed by atoms with van der Waals surface area (Å²) in [6, 6.07) is 5.85. The average molecular weight is 352 g/mol. The number of rotatable bonds is 2. The minimum absolute atomic E-state index is 0.425. The van der Waals surface area contributed by atoms with E-state index in [0.717, 1.165) is 46.8 Å². The van der Waals surface area contributed by atoms with Crippen LogP contribution in [0.3, 0.4) is 0 Å². The maximum absolute atomic E-state index is 6.00. The average Bonchev–Trinajstić information content (AvgIpc) is 3.25. The second-order valence-electron chi connectivity index (χ2n) is 7.13. The molecule has 0 saturated carbocycles. The maximum Gasteiger partial charge on any atom is 0.181 e. The molecule has 26 heavy (non-hydrogen) atoms. The molecule has 0 amide bonds. The number of hydrogen-bond acceptors (Lipinski definition) is 7. The van der Waals surface area contributed by atoms with Crippen molar-refractivity contribution in [3.8, 4) is 11.4 Å². The Morgan fingerprint density at radius 3 is 2.81 bits per heavy atom. The van der Waals surface area contributed by atoms with Gasteiger partial charge in [0.15, 0.2) is 17.8 Å². The van der Waals surface area contributed by atoms with E-state index in [0.29, 0.717) is 25.6 Å². The fourth-order valence-corrected chi connectivity index (χ4v) is 3.59. The molecular weight excluding hydrogens is 332 g/mol. The molecule has 0 bridgehead atoms. The number of ether oxygens (including phenoxy) is 2. The third-order valence-electron chi connectivity index (χ3n) is 5.03. The van der Waals surface area contributed by atoms with Crippen molar-refractivity contribution >= 4 is 16.9 Å². The van der Waals surface area contributed by atoms with Crippen LogP contribution in [0.15, 0.2) is 29.0 Å². The molecule has 1 fully saturated rings. The number of aromatic nitrogens is 3. The maximum atomic E-state index is 6.00. The Morgan fingerprint density at radius 2 is 1.96 bits per heavy atom. The van der Waals surface area contributed by atoms with Crippen molar-refractivity contribution in [1.29, 1.82) is 0 Å². The molecule has 134 valence electrons. The molecular formula is C19H20N4O3. The summed E-state index contributed by atoms with van der Waals surface area (Å²) in [6.07, 6.45) is 1.45. The highest BCUT2D eigenvalue weighted by molar-refractivity contribution is 5.78. The zero-order valence-corrected chi connectivity index (χ0v) is 14.9. The SMILES string of the molecule is CC1(C)OCc2c(N3CCOCC3)nc(-c3ccc4ocnc4c3)nc21. The molecule has 0 unspecified atom stereocenters. The van der Waals surface area contributed by atoms with Gasteiger partial charge in [0.05, 0.1) is 25.5 Å². The summed E-state index contributed by atoms with van der Waals surface area (Å²) in [5.41, 5.74) is 4.10. The van der Waals surface area contributed by atoms with E-state index >= 15 is 0 Å². The van der Waals surface area contributed by atoms with Crippen LogP contribution >= 0.6 is 0 Å². The highest BCUT2D eigenvalue weighted by Gasteiger charge is 2.37. The number of hydrogen-bond donors (Lipinski definition) is 0. The molecule has 2 aliphatic heterocycles. The first-order valence-electron chi connectivity index (χ1n) is 8.83. The summed E-state index contributed by atoms with van der Waals surface area (Å²) in [5, 5.41) is 0. The van der Waals surface area contributed by atoms with Gasteiger partial charge in [-0.1, -0.05) is 0 Å². The van der Waals surface area contributed by atoms with E-state index in [2.05, 4.69) is 23.7 Å². The van der Waals surface area contributed by atoms with Crippen molar-refractivity contribution in [2.24, 2.45) is 0 Å². The molecule has 1 aromatic carbocycles. The van der Waals surface area contributed by atoms with E-state index in [-0.39, 0.29) is 0 Å². The van der Waals surface area contributed by atoms with E-state index in [1.807, 2.05) is 18.2 Å². The van der Waals surface area contributed by atoms with Crippen molar-refractivity contribution in [2.75, 3.05) is 31.2 Å². The first-order valence-corrected chi connectivity index (χ1v) is 8.83. The summed E-state index contributed by atoms with van der Waals surface area (Å²) in [5.74, 6) is 1.65. The Kier molecular flexibility index (Phi) is 3.48. The lowest BCUT2D eigenvalue weighted by atomic mass is 10.0. The van der Waals surface area contributed by atoms with E-state index < -0.39 is 5.60 Å². The first kappa shape index (κ1) is 15.7. The number of fused-ring (bicyclic) bond motifs is 2. The molecule has 7 nitrogen and oxygen atoms in total. The van der Waals surface area contributed by atoms with Gasteiger partial charge in [0.1, 0.15) is 16.9 Å². The quantitative estimate of drug-likeness (QED) is 0.702. The molecule has 5 rings (SSSR count). The van der Waals surface area contributed by atoms with Crippen LogP contribution in [0.4, 0.5) is 5.82 Å². The minimum Gasteiger partial charge on any atom is -0.443 e. The third-order valence-corrected chi connectivity index (χ3v) is 5.03. The van der Waals surface area contributed by atoms with Crippen LogP contribution in [0.1, 0.15) is 25.1 Å². The number of morpholine rings is 1. The van der Waals surface area contributed by atoms with Gasteiger partial charge in [0, 0.05) is 24.2 Å². The number of nitrogens with zero attached hydrogens (tertiary/aromatic N) is 4. The fraction of sp³-hybridized carbons (Fsp3) is 0.421. The van der Waals surface area contributed by atoms with Gasteiger partial charge in [-0.3, -0.25) is 0 Å². The van der Waals surface area contributed by atoms with Crippen LogP contribution in [0.2, 0.25) is 0 Å². The van der Waals surface area contributed by atoms with Crippen LogP contribution in [0.25, 0.3) is 22.5 Å². The van der Waals surface area contributed by atoms with E-state index in [1.54, 1.807) is 0 Å². The summed E-state index contributed by atoms with van der Waals surface area (Å²) in [4.78, 5) is 16.3. The molecule has 2 aromatic heterocycles. The van der Waals surface area contributed by atoms with Gasteiger partial charge < -0.3 is 18.8 Å². The highest BCUT2D eigenvalue weighted by atomic mass is 16.5. The summed E-state index contributed by atoms with van der Waals surface area (Å²) < 4.78 is 16.8. The summed E-state index contributed by atoms with van der Waals surface area (Å²) in [6.45, 7) is 7.72. The lowest BCUT2D eigenvalue weighted by Crippen LogP contribution is -2.37. The van der Waals surface area contributed by atoms with Crippen molar-refractivity contribution in [3.63, 3.8) is 0 Å². The zero-order valence-electron chi connectivity index (χ0n) is 14.9. The van der Waals surface area contributed by atoms with Crippen molar-refractivity contribution in [3.05, 3.63) is 35.9 Å². The van der Waals surface area contributed by atoms with Crippen molar-refractivity contribution < 1.29 is 13.9 Å². The Balaban J connectivity index is 1.67. The smallest absolute Gasteiger partial charge is 0.181 e. The molecule has 3 aromatic rings. The zero-order chi connectivity index (χ0) is 17.7. The highest BCUT2D eigenvalue weighted by Crippen LogP contribution is 2.40. The molecule has 0 aliphatic carbocycles. The second-order valence-corrected chi connectivity index (χ2v) is 7.13. The topological polar surface area (TPSA) is 73.5 Å². The molecule has 0 atom stereocenters. The Hall–Kier alpha value is -2.51. The lowest BCUT2D eigenvalue weighted by molar-refractivity contribution is -0.0100. The van der Waals surface area contributed by atoms with Gasteiger partial charge in [-0.25, -0.2) is 15.0 Å². The van der Waals surface area contributed by atoms with Gasteiger partial charge in [0.25, 0.3) is 0 Å². The standard InChI is InChI=1S/C19H20N4O3/c1-19(2)16-13(10-26-19)18(23-5-7-24-8-6-23)22-17(21-16)12-3-4-15-14(9-12)20-11-25-15/h3-4,9,11H,5-8,10H2,1-2H3. The first-order chi connectivity index (χ1) is 12.6. The molecule has 0 spiro atoms. The molecule has 4 heterocycles. The number of oxazole rings is 1. The van der Waals surface area contributed by atoms with Crippen molar-refractivity contribution in [2.45, 2.75) is 26.1 Å². The molecule has 0 radical (unpaired) electrons. The largest absolute Gasteiger partial charge is 0.443 e. The fourth-order valence-electron chi connectivity index (χ4n) is 3.59. The van der Waals surface area contributed by atoms with Gasteiger partial charge in [-0.2, -0.15) is 0 Å². The molecule has 0 N–H and O–H groups in total. The van der Waals surface area contributed by atoms with Crippen LogP contribution in [0, 0.1) is 0 Å². The van der Waals surface area contributed by atoms with Gasteiger partial charge in [-0.05, 0) is 32.0 Å². The Morgan fingerprint density at radius 1 is 1.12 bits per heavy atom. The predicted molar refractivity (Wildman–Crippen MR) is 95.9 cm³/mol. The minimum atomic E-state index is -0.425. The molecule has 1 saturated heterocycles. The number of benzene rings is 1. The van der Waals surface area contributed by atoms with Crippen LogP contribution in [-0.4, -0.2) is 41.3 Å². The van der Waals surface area contributed by atoms with Crippen LogP contribution in [0.5, 0.6) is 0 Å². The second kappa shape index (κ2) is 5.75. The van der Waals surface area contributed by atoms with Crippen LogP contribution in [-0.2, 0) is 21.7 Å². The molecule has 7 heteroatoms. The van der Waals surface area contributed by atoms with E-state index in [4.69, 9.17) is 23.9 Å². The van der Waals surface area contributed by atoms with Crippen molar-refractivity contribution in [1.82, 2.24) is 15.0 Å². The Labute approximate surface area is 151 Å². The summed E-state index contributed by atoms with van der Waals surface area (Å²) >= 11 is 0. The van der Waals surface area contributed by atoms with E-state index in [9.17, 15) is 0 Å². The van der Waals surface area contributed by atoms with Crippen LogP contribution < -0.4 is 4.90 Å². The number of anilines is 1. The van der Waals surface area contributed by atoms with Gasteiger partial charge in [0.2, 0.25) is 0 Å². The van der Waals surface area contributed by atoms with E-state index in [1.165, 1.54) is 6.39 Å². The monoisotopic (exact) mass is 352 g/mol. The lowest BCUT2D eigenvalue weighted by Gasteiger charge is -2.29. The third kappa shape index (κ3) is 2.47. The normalized spacial score (nSPS) is 19.1. The van der Waals surface area contributed by atoms with Gasteiger partial charge >= 0.3 is 0 Å². The summed E-state index contributed by atoms with van der Waals surface area (Å²) in [7, 11) is 0. The predicted octanol–water partition coefficient (Wildman–Crippen LogP) is 2.89.